The molecule has 0 bridgehead atoms. The lowest BCUT2D eigenvalue weighted by molar-refractivity contribution is -0.119. The molecule has 1 aliphatic carbocycles. The Morgan fingerprint density at radius 2 is 1.73 bits per heavy atom. The monoisotopic (exact) mass is 445 g/mol. The van der Waals surface area contributed by atoms with E-state index in [1.54, 1.807) is 43.4 Å². The Morgan fingerprint density at radius 3 is 2.43 bits per heavy atom. The van der Waals surface area contributed by atoms with Gasteiger partial charge in [0.05, 0.1) is 24.9 Å². The summed E-state index contributed by atoms with van der Waals surface area (Å²) in [5.74, 6) is 0.798. The molecule has 1 unspecified atom stereocenters. The molecule has 2 aromatic carbocycles. The van der Waals surface area contributed by atoms with Crippen LogP contribution in [0.4, 0.5) is 5.69 Å². The average Bonchev–Trinajstić information content (AvgIpc) is 2.73. The van der Waals surface area contributed by atoms with Gasteiger partial charge in [-0.1, -0.05) is 29.3 Å². The molecule has 1 aliphatic heterocycles. The molecule has 4 rings (SSSR count). The van der Waals surface area contributed by atoms with Crippen molar-refractivity contribution >= 4 is 40.6 Å². The van der Waals surface area contributed by atoms with Crippen LogP contribution in [-0.2, 0) is 9.59 Å². The van der Waals surface area contributed by atoms with Crippen LogP contribution in [0, 0.1) is 0 Å². The van der Waals surface area contributed by atoms with Gasteiger partial charge in [-0.3, -0.25) is 14.5 Å². The molecule has 0 saturated carbocycles. The summed E-state index contributed by atoms with van der Waals surface area (Å²) in [5.41, 5.74) is 2.82. The molecule has 30 heavy (non-hydrogen) atoms. The predicted octanol–water partition coefficient (Wildman–Crippen LogP) is 5.54. The highest BCUT2D eigenvalue weighted by atomic mass is 35.5. The number of nitrogens with zero attached hydrogens (tertiary/aromatic N) is 1. The van der Waals surface area contributed by atoms with Crippen molar-refractivity contribution in [3.05, 3.63) is 63.3 Å². The summed E-state index contributed by atoms with van der Waals surface area (Å²) in [7, 11) is 3.13. The third-order valence-corrected chi connectivity index (χ3v) is 6.17. The Balaban J connectivity index is 1.86. The fourth-order valence-electron chi connectivity index (χ4n) is 4.29. The highest BCUT2D eigenvalue weighted by Gasteiger charge is 2.40. The van der Waals surface area contributed by atoms with E-state index >= 15 is 0 Å². The first-order valence-corrected chi connectivity index (χ1v) is 10.5. The number of hydrogen-bond acceptors (Lipinski definition) is 4. The van der Waals surface area contributed by atoms with Crippen LogP contribution in [0.1, 0.15) is 37.2 Å². The van der Waals surface area contributed by atoms with Crippen molar-refractivity contribution in [2.24, 2.45) is 0 Å². The van der Waals surface area contributed by atoms with Crippen molar-refractivity contribution in [3.63, 3.8) is 0 Å². The highest BCUT2D eigenvalue weighted by Crippen LogP contribution is 2.46. The number of ketones is 1. The lowest BCUT2D eigenvalue weighted by Crippen LogP contribution is -2.40. The van der Waals surface area contributed by atoms with Crippen molar-refractivity contribution in [1.29, 1.82) is 0 Å². The highest BCUT2D eigenvalue weighted by molar-refractivity contribution is 6.37. The van der Waals surface area contributed by atoms with Gasteiger partial charge in [0.1, 0.15) is 0 Å². The molecule has 1 heterocycles. The number of allylic oxidation sites excluding steroid dienone is 2. The summed E-state index contributed by atoms with van der Waals surface area (Å²) in [4.78, 5) is 27.9. The second-order valence-corrected chi connectivity index (χ2v) is 8.18. The van der Waals surface area contributed by atoms with Crippen molar-refractivity contribution in [2.45, 2.75) is 31.6 Å². The van der Waals surface area contributed by atoms with E-state index in [0.717, 1.165) is 11.3 Å². The van der Waals surface area contributed by atoms with E-state index in [9.17, 15) is 9.59 Å². The zero-order chi connectivity index (χ0) is 21.4. The molecule has 0 spiro atoms. The van der Waals surface area contributed by atoms with Crippen LogP contribution in [0.3, 0.4) is 0 Å². The number of anilines is 1. The van der Waals surface area contributed by atoms with Crippen LogP contribution in [0.5, 0.6) is 11.5 Å². The Morgan fingerprint density at radius 1 is 0.967 bits per heavy atom. The van der Waals surface area contributed by atoms with Crippen LogP contribution in [0.25, 0.3) is 0 Å². The maximum absolute atomic E-state index is 13.3. The number of benzene rings is 2. The molecule has 1 amide bonds. The van der Waals surface area contributed by atoms with Crippen molar-refractivity contribution in [1.82, 2.24) is 0 Å². The number of carbonyl (C=O) groups excluding carboxylic acids is 2. The maximum Gasteiger partial charge on any atom is 0.232 e. The summed E-state index contributed by atoms with van der Waals surface area (Å²) in [6.45, 7) is 0. The van der Waals surface area contributed by atoms with Gasteiger partial charge in [-0.15, -0.1) is 0 Å². The van der Waals surface area contributed by atoms with Gasteiger partial charge in [0.25, 0.3) is 0 Å². The fourth-order valence-corrected chi connectivity index (χ4v) is 4.78. The van der Waals surface area contributed by atoms with Crippen LogP contribution in [0.15, 0.2) is 47.7 Å². The summed E-state index contributed by atoms with van der Waals surface area (Å²) >= 11 is 12.4. The van der Waals surface area contributed by atoms with E-state index in [2.05, 4.69) is 0 Å². The minimum absolute atomic E-state index is 0.0682. The van der Waals surface area contributed by atoms with E-state index < -0.39 is 0 Å². The predicted molar refractivity (Wildman–Crippen MR) is 117 cm³/mol. The van der Waals surface area contributed by atoms with Crippen molar-refractivity contribution in [3.8, 4) is 11.5 Å². The van der Waals surface area contributed by atoms with Gasteiger partial charge in [-0.05, 0) is 48.7 Å². The molecule has 7 heteroatoms. The number of halogens is 2. The minimum atomic E-state index is -0.331. The number of carbonyl (C=O) groups is 2. The summed E-state index contributed by atoms with van der Waals surface area (Å²) < 4.78 is 10.7. The zero-order valence-corrected chi connectivity index (χ0v) is 18.2. The molecule has 2 aliphatic rings. The van der Waals surface area contributed by atoms with E-state index in [1.807, 2.05) is 12.1 Å². The van der Waals surface area contributed by atoms with Crippen LogP contribution in [0.2, 0.25) is 10.0 Å². The Labute approximate surface area is 185 Å². The smallest absolute Gasteiger partial charge is 0.232 e. The summed E-state index contributed by atoms with van der Waals surface area (Å²) in [6.07, 6.45) is 1.97. The largest absolute Gasteiger partial charge is 0.493 e. The molecule has 0 N–H and O–H groups in total. The first kappa shape index (κ1) is 20.8. The molecule has 0 aromatic heterocycles. The second-order valence-electron chi connectivity index (χ2n) is 7.33. The molecule has 5 nitrogen and oxygen atoms in total. The third kappa shape index (κ3) is 3.57. The number of ether oxygens (including phenoxy) is 2. The quantitative estimate of drug-likeness (QED) is 0.619. The minimum Gasteiger partial charge on any atom is -0.493 e. The van der Waals surface area contributed by atoms with Gasteiger partial charge >= 0.3 is 0 Å². The number of rotatable bonds is 4. The number of Topliss-reactive ketones (excluding diaryl/α,β-unsaturated/α-hetero) is 1. The lowest BCUT2D eigenvalue weighted by Gasteiger charge is -2.38. The van der Waals surface area contributed by atoms with Crippen LogP contribution in [-0.4, -0.2) is 25.9 Å². The fraction of sp³-hybridized carbons (Fsp3) is 0.304. The Bertz CT molecular complexity index is 1060. The molecule has 1 atom stereocenters. The topological polar surface area (TPSA) is 55.8 Å². The van der Waals surface area contributed by atoms with Gasteiger partial charge < -0.3 is 9.47 Å². The van der Waals surface area contributed by atoms with Gasteiger partial charge in [-0.25, -0.2) is 0 Å². The first-order chi connectivity index (χ1) is 14.4. The van der Waals surface area contributed by atoms with Crippen molar-refractivity contribution < 1.29 is 19.1 Å². The number of hydrogen-bond donors (Lipinski definition) is 0. The van der Waals surface area contributed by atoms with E-state index in [-0.39, 0.29) is 24.0 Å². The Kier molecular flexibility index (Phi) is 5.76. The SMILES string of the molecule is COc1ccc(C2CC(=O)N(c3ccc(Cl)cc3Cl)C3=C2C(=O)CCC3)cc1OC. The average molecular weight is 446 g/mol. The first-order valence-electron chi connectivity index (χ1n) is 9.70. The maximum atomic E-state index is 13.3. The van der Waals surface area contributed by atoms with Crippen LogP contribution < -0.4 is 14.4 Å². The second kappa shape index (κ2) is 8.32. The Hall–Kier alpha value is -2.50. The van der Waals surface area contributed by atoms with Gasteiger partial charge in [0, 0.05) is 35.1 Å². The standard InChI is InChI=1S/C23H21Cl2NO4/c1-29-20-9-6-13(10-21(20)30-2)15-12-22(28)26(17-8-7-14(24)11-16(17)25)18-4-3-5-19(27)23(15)18/h6-11,15H,3-5,12H2,1-2H3. The van der Waals surface area contributed by atoms with E-state index in [4.69, 9.17) is 32.7 Å². The molecular weight excluding hydrogens is 425 g/mol. The number of amides is 1. The van der Waals surface area contributed by atoms with E-state index in [1.165, 1.54) is 0 Å². The van der Waals surface area contributed by atoms with Gasteiger partial charge in [0.15, 0.2) is 17.3 Å². The lowest BCUT2D eigenvalue weighted by atomic mass is 9.77. The van der Waals surface area contributed by atoms with Gasteiger partial charge in [0.2, 0.25) is 5.91 Å². The zero-order valence-electron chi connectivity index (χ0n) is 16.7. The van der Waals surface area contributed by atoms with Gasteiger partial charge in [-0.2, -0.15) is 0 Å². The molecule has 2 aromatic rings. The van der Waals surface area contributed by atoms with Crippen molar-refractivity contribution in [2.75, 3.05) is 19.1 Å². The van der Waals surface area contributed by atoms with Crippen LogP contribution >= 0.6 is 23.2 Å². The number of methoxy groups -OCH3 is 2. The summed E-state index contributed by atoms with van der Waals surface area (Å²) in [6, 6.07) is 10.6. The third-order valence-electron chi connectivity index (χ3n) is 5.64. The molecule has 0 saturated heterocycles. The molecule has 0 fully saturated rings. The van der Waals surface area contributed by atoms with E-state index in [0.29, 0.717) is 52.1 Å². The molecular formula is C23H21Cl2NO4. The normalized spacial score (nSPS) is 19.1. The molecule has 0 radical (unpaired) electrons. The summed E-state index contributed by atoms with van der Waals surface area (Å²) in [5, 5.41) is 0.871. The molecule has 156 valence electrons.